The second-order valence-electron chi connectivity index (χ2n) is 6.32. The van der Waals surface area contributed by atoms with Gasteiger partial charge in [0.2, 0.25) is 0 Å². The van der Waals surface area contributed by atoms with Gasteiger partial charge in [-0.05, 0) is 77.1 Å². The highest BCUT2D eigenvalue weighted by Crippen LogP contribution is 2.52. The molecule has 0 aliphatic heterocycles. The molecule has 1 N–H and O–H groups in total. The number of hydrogen-bond acceptors (Lipinski definition) is 2. The number of hydrogen-bond donors (Lipinski definition) is 1. The number of aliphatic hydroxyl groups is 1. The lowest BCUT2D eigenvalue weighted by atomic mass is 9.82. The van der Waals surface area contributed by atoms with Gasteiger partial charge in [-0.25, -0.2) is 0 Å². The van der Waals surface area contributed by atoms with Crippen LogP contribution >= 0.6 is 15.9 Å². The van der Waals surface area contributed by atoms with Crippen LogP contribution in [0.15, 0.2) is 22.7 Å². The first-order chi connectivity index (χ1) is 9.69. The van der Waals surface area contributed by atoms with Gasteiger partial charge < -0.3 is 9.84 Å². The average molecular weight is 339 g/mol. The van der Waals surface area contributed by atoms with Crippen molar-refractivity contribution in [2.75, 3.05) is 6.61 Å². The molecule has 1 aromatic rings. The zero-order valence-electron chi connectivity index (χ0n) is 12.0. The quantitative estimate of drug-likeness (QED) is 0.842. The van der Waals surface area contributed by atoms with Gasteiger partial charge in [0.05, 0.1) is 17.2 Å². The number of halogens is 1. The monoisotopic (exact) mass is 338 g/mol. The fraction of sp³-hybridized carbons (Fsp3) is 0.647. The first-order valence-electron chi connectivity index (χ1n) is 7.79. The van der Waals surface area contributed by atoms with Crippen molar-refractivity contribution >= 4 is 15.9 Å². The number of aliphatic hydroxyl groups excluding tert-OH is 1. The molecular formula is C17H23BrO2. The van der Waals surface area contributed by atoms with E-state index >= 15 is 0 Å². The third-order valence-electron chi connectivity index (χ3n) is 4.96. The summed E-state index contributed by atoms with van der Waals surface area (Å²) in [7, 11) is 0. The van der Waals surface area contributed by atoms with Gasteiger partial charge in [0.25, 0.3) is 0 Å². The van der Waals surface area contributed by atoms with Crippen LogP contribution in [0.4, 0.5) is 0 Å². The van der Waals surface area contributed by atoms with Crippen molar-refractivity contribution in [1.29, 1.82) is 0 Å². The molecule has 0 saturated heterocycles. The van der Waals surface area contributed by atoms with E-state index in [9.17, 15) is 5.11 Å². The highest BCUT2D eigenvalue weighted by atomic mass is 79.9. The minimum absolute atomic E-state index is 0.318. The highest BCUT2D eigenvalue weighted by molar-refractivity contribution is 9.10. The molecule has 0 aromatic heterocycles. The third-order valence-corrected chi connectivity index (χ3v) is 5.58. The van der Waals surface area contributed by atoms with Gasteiger partial charge >= 0.3 is 0 Å². The predicted molar refractivity (Wildman–Crippen MR) is 83.8 cm³/mol. The Bertz CT molecular complexity index is 474. The summed E-state index contributed by atoms with van der Waals surface area (Å²) < 4.78 is 6.62. The van der Waals surface area contributed by atoms with Crippen LogP contribution in [-0.4, -0.2) is 11.7 Å². The number of benzene rings is 1. The van der Waals surface area contributed by atoms with Crippen LogP contribution in [0.25, 0.3) is 0 Å². The van der Waals surface area contributed by atoms with E-state index in [-0.39, 0.29) is 6.10 Å². The van der Waals surface area contributed by atoms with Gasteiger partial charge in [-0.15, -0.1) is 0 Å². The Morgan fingerprint density at radius 2 is 2.20 bits per heavy atom. The maximum atomic E-state index is 10.7. The van der Waals surface area contributed by atoms with E-state index in [1.165, 1.54) is 25.7 Å². The topological polar surface area (TPSA) is 29.5 Å². The molecule has 0 spiro atoms. The minimum atomic E-state index is -0.318. The van der Waals surface area contributed by atoms with Crippen molar-refractivity contribution < 1.29 is 9.84 Å². The van der Waals surface area contributed by atoms with Crippen molar-refractivity contribution in [3.05, 3.63) is 28.2 Å². The second-order valence-corrected chi connectivity index (χ2v) is 7.18. The van der Waals surface area contributed by atoms with Crippen LogP contribution in [0.3, 0.4) is 0 Å². The molecule has 110 valence electrons. The Labute approximate surface area is 129 Å². The zero-order chi connectivity index (χ0) is 14.1. The fourth-order valence-corrected chi connectivity index (χ4v) is 4.47. The largest absolute Gasteiger partial charge is 0.492 e. The molecule has 2 saturated carbocycles. The van der Waals surface area contributed by atoms with Gasteiger partial charge in [0.1, 0.15) is 5.75 Å². The highest BCUT2D eigenvalue weighted by Gasteiger charge is 2.43. The maximum Gasteiger partial charge on any atom is 0.133 e. The molecule has 2 fully saturated rings. The Morgan fingerprint density at radius 1 is 1.35 bits per heavy atom. The van der Waals surface area contributed by atoms with Crippen LogP contribution in [0.2, 0.25) is 0 Å². The van der Waals surface area contributed by atoms with Crippen molar-refractivity contribution in [3.8, 4) is 5.75 Å². The number of ether oxygens (including phenoxy) is 1. The lowest BCUT2D eigenvalue weighted by Gasteiger charge is -2.27. The summed E-state index contributed by atoms with van der Waals surface area (Å²) in [4.78, 5) is 0. The van der Waals surface area contributed by atoms with Crippen molar-refractivity contribution in [2.24, 2.45) is 17.8 Å². The van der Waals surface area contributed by atoms with E-state index in [0.29, 0.717) is 5.92 Å². The van der Waals surface area contributed by atoms with E-state index in [1.807, 2.05) is 18.2 Å². The molecule has 20 heavy (non-hydrogen) atoms. The third kappa shape index (κ3) is 2.75. The first-order valence-corrected chi connectivity index (χ1v) is 8.58. The molecule has 4 unspecified atom stereocenters. The van der Waals surface area contributed by atoms with E-state index in [2.05, 4.69) is 22.9 Å². The minimum Gasteiger partial charge on any atom is -0.492 e. The number of fused-ring (bicyclic) bond motifs is 2. The smallest absolute Gasteiger partial charge is 0.133 e. The lowest BCUT2D eigenvalue weighted by molar-refractivity contribution is 0.0744. The molecule has 4 atom stereocenters. The van der Waals surface area contributed by atoms with E-state index in [1.54, 1.807) is 0 Å². The van der Waals surface area contributed by atoms with Gasteiger partial charge in [0.15, 0.2) is 0 Å². The first kappa shape index (κ1) is 14.4. The molecule has 0 heterocycles. The fourth-order valence-electron chi connectivity index (χ4n) is 3.96. The van der Waals surface area contributed by atoms with Crippen molar-refractivity contribution in [3.63, 3.8) is 0 Å². The summed E-state index contributed by atoms with van der Waals surface area (Å²) >= 11 is 3.56. The summed E-state index contributed by atoms with van der Waals surface area (Å²) in [6.07, 6.45) is 5.91. The van der Waals surface area contributed by atoms with Gasteiger partial charge in [0, 0.05) is 0 Å². The summed E-state index contributed by atoms with van der Waals surface area (Å²) in [6.45, 7) is 2.83. The van der Waals surface area contributed by atoms with Gasteiger partial charge in [-0.2, -0.15) is 0 Å². The predicted octanol–water partition coefficient (Wildman–Crippen LogP) is 4.71. The standard InChI is InChI=1S/C17H23BrO2/c1-2-7-20-16-6-5-13(10-15(16)18)17(19)14-9-11-3-4-12(14)8-11/h5-6,10-12,14,17,19H,2-4,7-9H2,1H3. The molecule has 2 bridgehead atoms. The molecule has 2 aliphatic carbocycles. The van der Waals surface area contributed by atoms with Crippen LogP contribution in [-0.2, 0) is 0 Å². The van der Waals surface area contributed by atoms with Crippen LogP contribution in [0.5, 0.6) is 5.75 Å². The van der Waals surface area contributed by atoms with E-state index in [0.717, 1.165) is 40.6 Å². The molecule has 0 radical (unpaired) electrons. The lowest BCUT2D eigenvalue weighted by Crippen LogP contribution is -2.19. The Kier molecular flexibility index (Phi) is 4.37. The normalized spacial score (nSPS) is 29.6. The maximum absolute atomic E-state index is 10.7. The average Bonchev–Trinajstić information content (AvgIpc) is 3.08. The molecule has 3 heteroatoms. The van der Waals surface area contributed by atoms with Crippen molar-refractivity contribution in [2.45, 2.75) is 45.1 Å². The van der Waals surface area contributed by atoms with E-state index in [4.69, 9.17) is 4.74 Å². The SMILES string of the molecule is CCCOc1ccc(C(O)C2CC3CCC2C3)cc1Br. The summed E-state index contributed by atoms with van der Waals surface area (Å²) in [5.41, 5.74) is 1.03. The summed E-state index contributed by atoms with van der Waals surface area (Å²) in [6, 6.07) is 6.03. The molecule has 3 rings (SSSR count). The van der Waals surface area contributed by atoms with Crippen LogP contribution in [0.1, 0.15) is 50.7 Å². The van der Waals surface area contributed by atoms with Gasteiger partial charge in [-0.3, -0.25) is 0 Å². The van der Waals surface area contributed by atoms with Crippen LogP contribution < -0.4 is 4.74 Å². The summed E-state index contributed by atoms with van der Waals surface area (Å²) in [5, 5.41) is 10.7. The Hall–Kier alpha value is -0.540. The van der Waals surface area contributed by atoms with Gasteiger partial charge in [-0.1, -0.05) is 19.4 Å². The van der Waals surface area contributed by atoms with E-state index < -0.39 is 0 Å². The molecule has 1 aromatic carbocycles. The number of rotatable bonds is 5. The Balaban J connectivity index is 1.72. The molecule has 2 nitrogen and oxygen atoms in total. The molecule has 2 aliphatic rings. The molecule has 0 amide bonds. The Morgan fingerprint density at radius 3 is 2.80 bits per heavy atom. The second kappa shape index (κ2) is 6.07. The van der Waals surface area contributed by atoms with Crippen LogP contribution in [0, 0.1) is 17.8 Å². The van der Waals surface area contributed by atoms with Crippen molar-refractivity contribution in [1.82, 2.24) is 0 Å². The zero-order valence-corrected chi connectivity index (χ0v) is 13.6. The molecular weight excluding hydrogens is 316 g/mol. The summed E-state index contributed by atoms with van der Waals surface area (Å²) in [5.74, 6) is 2.94.